The number of amides is 1. The Bertz CT molecular complexity index is 690. The number of carbonyl (C=O) groups is 1. The molecule has 8 nitrogen and oxygen atoms in total. The van der Waals surface area contributed by atoms with Gasteiger partial charge in [-0.1, -0.05) is 0 Å². The van der Waals surface area contributed by atoms with Crippen LogP contribution in [0, 0.1) is 0 Å². The Kier molecular flexibility index (Phi) is 8.10. The summed E-state index contributed by atoms with van der Waals surface area (Å²) in [5, 5.41) is 2.65. The summed E-state index contributed by atoms with van der Waals surface area (Å²) in [6.07, 6.45) is 1.36. The Morgan fingerprint density at radius 2 is 2.04 bits per heavy atom. The van der Waals surface area contributed by atoms with Crippen LogP contribution in [0.5, 0.6) is 5.75 Å². The largest absolute Gasteiger partial charge is 0.495 e. The maximum atomic E-state index is 12.4. The number of hydrogen-bond acceptors (Lipinski definition) is 6. The molecule has 0 saturated heterocycles. The van der Waals surface area contributed by atoms with Crippen molar-refractivity contribution >= 4 is 34.0 Å². The van der Waals surface area contributed by atoms with Gasteiger partial charge in [0.05, 0.1) is 19.6 Å². The van der Waals surface area contributed by atoms with Crippen LogP contribution >= 0.6 is 12.4 Å². The molecular weight excluding hydrogens is 370 g/mol. The van der Waals surface area contributed by atoms with Crippen LogP contribution in [-0.2, 0) is 19.6 Å². The van der Waals surface area contributed by atoms with Gasteiger partial charge in [0.2, 0.25) is 15.9 Å². The van der Waals surface area contributed by atoms with E-state index in [0.29, 0.717) is 5.69 Å². The number of methoxy groups -OCH3 is 2. The molecule has 1 aromatic carbocycles. The van der Waals surface area contributed by atoms with Crippen molar-refractivity contribution in [3.05, 3.63) is 18.2 Å². The monoisotopic (exact) mass is 393 g/mol. The highest BCUT2D eigenvalue weighted by Gasteiger charge is 2.30. The van der Waals surface area contributed by atoms with Crippen LogP contribution in [0.3, 0.4) is 0 Å². The minimum atomic E-state index is -3.70. The van der Waals surface area contributed by atoms with Crippen molar-refractivity contribution in [2.45, 2.75) is 36.3 Å². The molecule has 4 N–H and O–H groups in total. The van der Waals surface area contributed by atoms with Gasteiger partial charge < -0.3 is 20.5 Å². The Hall–Kier alpha value is -1.39. The second-order valence-electron chi connectivity index (χ2n) is 5.61. The van der Waals surface area contributed by atoms with Gasteiger partial charge in [0.1, 0.15) is 10.6 Å². The van der Waals surface area contributed by atoms with Gasteiger partial charge in [0.25, 0.3) is 0 Å². The Balaban J connectivity index is 0.00000312. The van der Waals surface area contributed by atoms with Crippen LogP contribution in [0.1, 0.15) is 19.3 Å². The van der Waals surface area contributed by atoms with Gasteiger partial charge in [-0.3, -0.25) is 4.79 Å². The third kappa shape index (κ3) is 6.12. The predicted molar refractivity (Wildman–Crippen MR) is 96.7 cm³/mol. The SMILES string of the molecule is COc1ccc(NC(=O)CC(CN)OC)cc1S(=O)(=O)NC1CC1.Cl. The number of rotatable bonds is 9. The minimum absolute atomic E-state index is 0. The summed E-state index contributed by atoms with van der Waals surface area (Å²) in [5.74, 6) is -0.0890. The van der Waals surface area contributed by atoms with E-state index in [1.54, 1.807) is 6.07 Å². The molecule has 0 radical (unpaired) electrons. The second-order valence-corrected chi connectivity index (χ2v) is 7.29. The number of nitrogens with one attached hydrogen (secondary N) is 2. The lowest BCUT2D eigenvalue weighted by Crippen LogP contribution is -2.28. The molecule has 0 heterocycles. The first-order chi connectivity index (χ1) is 11.4. The zero-order valence-corrected chi connectivity index (χ0v) is 15.8. The van der Waals surface area contributed by atoms with Crippen molar-refractivity contribution in [3.8, 4) is 5.75 Å². The average molecular weight is 394 g/mol. The number of sulfonamides is 1. The number of benzene rings is 1. The number of halogens is 1. The first-order valence-corrected chi connectivity index (χ1v) is 9.11. The summed E-state index contributed by atoms with van der Waals surface area (Å²) in [7, 11) is -0.826. The highest BCUT2D eigenvalue weighted by atomic mass is 35.5. The van der Waals surface area contributed by atoms with E-state index in [9.17, 15) is 13.2 Å². The molecule has 1 unspecified atom stereocenters. The van der Waals surface area contributed by atoms with Gasteiger partial charge in [-0.25, -0.2) is 13.1 Å². The Morgan fingerprint density at radius 1 is 1.36 bits per heavy atom. The molecule has 2 rings (SSSR count). The van der Waals surface area contributed by atoms with Crippen LogP contribution < -0.4 is 20.5 Å². The third-order valence-corrected chi connectivity index (χ3v) is 5.19. The zero-order chi connectivity index (χ0) is 17.7. The van der Waals surface area contributed by atoms with Crippen molar-refractivity contribution in [2.75, 3.05) is 26.1 Å². The molecule has 1 aliphatic carbocycles. The summed E-state index contributed by atoms with van der Waals surface area (Å²) in [4.78, 5) is 12.0. The van der Waals surface area contributed by atoms with Crippen molar-refractivity contribution in [1.29, 1.82) is 0 Å². The fourth-order valence-corrected chi connectivity index (χ4v) is 3.63. The van der Waals surface area contributed by atoms with E-state index in [1.165, 1.54) is 26.4 Å². The fourth-order valence-electron chi connectivity index (χ4n) is 2.13. The lowest BCUT2D eigenvalue weighted by Gasteiger charge is -2.15. The second kappa shape index (κ2) is 9.35. The van der Waals surface area contributed by atoms with E-state index in [1.807, 2.05) is 0 Å². The van der Waals surface area contributed by atoms with E-state index in [0.717, 1.165) is 12.8 Å². The van der Waals surface area contributed by atoms with Crippen molar-refractivity contribution in [1.82, 2.24) is 4.72 Å². The Morgan fingerprint density at radius 3 is 2.56 bits per heavy atom. The molecule has 1 amide bonds. The van der Waals surface area contributed by atoms with Gasteiger partial charge in [0.15, 0.2) is 0 Å². The first kappa shape index (κ1) is 21.7. The highest BCUT2D eigenvalue weighted by molar-refractivity contribution is 7.89. The number of nitrogens with two attached hydrogens (primary N) is 1. The molecular formula is C15H24ClN3O5S. The topological polar surface area (TPSA) is 120 Å². The molecule has 1 fully saturated rings. The van der Waals surface area contributed by atoms with Crippen LogP contribution in [0.2, 0.25) is 0 Å². The quantitative estimate of drug-likeness (QED) is 0.572. The molecule has 25 heavy (non-hydrogen) atoms. The summed E-state index contributed by atoms with van der Waals surface area (Å²) in [6, 6.07) is 4.45. The van der Waals surface area contributed by atoms with Crippen molar-refractivity contribution in [3.63, 3.8) is 0 Å². The van der Waals surface area contributed by atoms with Crippen LogP contribution in [0.4, 0.5) is 5.69 Å². The molecule has 0 bridgehead atoms. The molecule has 142 valence electrons. The summed E-state index contributed by atoms with van der Waals surface area (Å²) >= 11 is 0. The van der Waals surface area contributed by atoms with E-state index in [4.69, 9.17) is 15.2 Å². The third-order valence-electron chi connectivity index (χ3n) is 3.65. The van der Waals surface area contributed by atoms with Crippen LogP contribution in [0.25, 0.3) is 0 Å². The van der Waals surface area contributed by atoms with Crippen molar-refractivity contribution in [2.24, 2.45) is 5.73 Å². The van der Waals surface area contributed by atoms with Crippen LogP contribution in [0.15, 0.2) is 23.1 Å². The first-order valence-electron chi connectivity index (χ1n) is 7.62. The molecule has 0 aromatic heterocycles. The van der Waals surface area contributed by atoms with Gasteiger partial charge in [-0.15, -0.1) is 12.4 Å². The lowest BCUT2D eigenvalue weighted by molar-refractivity contribution is -0.118. The van der Waals surface area contributed by atoms with E-state index < -0.39 is 10.0 Å². The highest BCUT2D eigenvalue weighted by Crippen LogP contribution is 2.29. The van der Waals surface area contributed by atoms with E-state index >= 15 is 0 Å². The normalized spacial score (nSPS) is 15.2. The fraction of sp³-hybridized carbons (Fsp3) is 0.533. The number of hydrogen-bond donors (Lipinski definition) is 3. The lowest BCUT2D eigenvalue weighted by atomic mass is 10.2. The Labute approximate surface area is 153 Å². The molecule has 10 heteroatoms. The molecule has 1 atom stereocenters. The minimum Gasteiger partial charge on any atom is -0.495 e. The van der Waals surface area contributed by atoms with Crippen molar-refractivity contribution < 1.29 is 22.7 Å². The maximum absolute atomic E-state index is 12.4. The summed E-state index contributed by atoms with van der Waals surface area (Å²) < 4.78 is 37.6. The smallest absolute Gasteiger partial charge is 0.244 e. The molecule has 1 aliphatic rings. The predicted octanol–water partition coefficient (Wildman–Crippen LogP) is 0.860. The summed E-state index contributed by atoms with van der Waals surface area (Å²) in [5.41, 5.74) is 5.85. The average Bonchev–Trinajstić information content (AvgIpc) is 3.35. The van der Waals surface area contributed by atoms with Crippen LogP contribution in [-0.4, -0.2) is 47.2 Å². The standard InChI is InChI=1S/C15H23N3O5S.ClH/c1-22-12(9-16)8-15(19)17-11-5-6-13(23-2)14(7-11)24(20,21)18-10-3-4-10;/h5-7,10,12,18H,3-4,8-9,16H2,1-2H3,(H,17,19);1H. The van der Waals surface area contributed by atoms with E-state index in [2.05, 4.69) is 10.0 Å². The number of anilines is 1. The van der Waals surface area contributed by atoms with Gasteiger partial charge >= 0.3 is 0 Å². The molecule has 1 aromatic rings. The number of ether oxygens (including phenoxy) is 2. The summed E-state index contributed by atoms with van der Waals surface area (Å²) in [6.45, 7) is 0.220. The maximum Gasteiger partial charge on any atom is 0.244 e. The van der Waals surface area contributed by atoms with Gasteiger partial charge in [-0.2, -0.15) is 0 Å². The van der Waals surface area contributed by atoms with Gasteiger partial charge in [-0.05, 0) is 31.0 Å². The van der Waals surface area contributed by atoms with Gasteiger partial charge in [0, 0.05) is 25.4 Å². The molecule has 1 saturated carbocycles. The number of carbonyl (C=O) groups excluding carboxylic acids is 1. The van der Waals surface area contributed by atoms with E-state index in [-0.39, 0.29) is 54.1 Å². The zero-order valence-electron chi connectivity index (χ0n) is 14.2. The molecule has 0 spiro atoms. The molecule has 0 aliphatic heterocycles.